The Morgan fingerprint density at radius 2 is 1.88 bits per heavy atom. The van der Waals surface area contributed by atoms with Gasteiger partial charge < -0.3 is 10.1 Å². The van der Waals surface area contributed by atoms with Gasteiger partial charge in [0.25, 0.3) is 5.91 Å². The molecular formula is C18H14ClN3O2. The lowest BCUT2D eigenvalue weighted by Crippen LogP contribution is -2.12. The van der Waals surface area contributed by atoms with Gasteiger partial charge in [-0.25, -0.2) is 0 Å². The standard InChI is InChI=1S/C18H14ClN3O2/c1-12-9-10-17(22-21-12)24-14-6-4-5-13(11-14)18(23)20-16-8-3-2-7-15(16)19/h2-11H,1H3,(H,20,23). The van der Waals surface area contributed by atoms with Gasteiger partial charge in [-0.15, -0.1) is 5.10 Å². The molecule has 0 atom stereocenters. The van der Waals surface area contributed by atoms with Crippen molar-refractivity contribution in [3.05, 3.63) is 76.9 Å². The van der Waals surface area contributed by atoms with Gasteiger partial charge in [0, 0.05) is 11.6 Å². The quantitative estimate of drug-likeness (QED) is 0.761. The summed E-state index contributed by atoms with van der Waals surface area (Å²) in [5, 5.41) is 11.1. The van der Waals surface area contributed by atoms with E-state index in [2.05, 4.69) is 15.5 Å². The van der Waals surface area contributed by atoms with Crippen LogP contribution in [-0.4, -0.2) is 16.1 Å². The lowest BCUT2D eigenvalue weighted by atomic mass is 10.2. The number of rotatable bonds is 4. The van der Waals surface area contributed by atoms with Gasteiger partial charge in [-0.2, -0.15) is 5.10 Å². The number of anilines is 1. The number of carbonyl (C=O) groups excluding carboxylic acids is 1. The Hall–Kier alpha value is -2.92. The highest BCUT2D eigenvalue weighted by molar-refractivity contribution is 6.33. The summed E-state index contributed by atoms with van der Waals surface area (Å²) in [7, 11) is 0. The first kappa shape index (κ1) is 16.0. The molecule has 0 aliphatic rings. The highest BCUT2D eigenvalue weighted by Gasteiger charge is 2.10. The van der Waals surface area contributed by atoms with Crippen LogP contribution in [-0.2, 0) is 0 Å². The average Bonchev–Trinajstić information content (AvgIpc) is 2.59. The molecule has 0 radical (unpaired) electrons. The number of nitrogens with one attached hydrogen (secondary N) is 1. The molecule has 1 heterocycles. The Morgan fingerprint density at radius 1 is 1.04 bits per heavy atom. The molecule has 120 valence electrons. The van der Waals surface area contributed by atoms with E-state index in [9.17, 15) is 4.79 Å². The second kappa shape index (κ2) is 7.10. The number of carbonyl (C=O) groups is 1. The summed E-state index contributed by atoms with van der Waals surface area (Å²) in [5.41, 5.74) is 1.81. The van der Waals surface area contributed by atoms with Crippen molar-refractivity contribution in [2.45, 2.75) is 6.92 Å². The van der Waals surface area contributed by atoms with Crippen LogP contribution in [0.15, 0.2) is 60.7 Å². The van der Waals surface area contributed by atoms with Crippen LogP contribution in [0, 0.1) is 6.92 Å². The van der Waals surface area contributed by atoms with Gasteiger partial charge in [0.2, 0.25) is 5.88 Å². The summed E-state index contributed by atoms with van der Waals surface area (Å²) in [6.45, 7) is 1.84. The lowest BCUT2D eigenvalue weighted by Gasteiger charge is -2.09. The number of para-hydroxylation sites is 1. The summed E-state index contributed by atoms with van der Waals surface area (Å²) in [4.78, 5) is 12.4. The summed E-state index contributed by atoms with van der Waals surface area (Å²) in [6.07, 6.45) is 0. The Balaban J connectivity index is 1.76. The molecule has 1 amide bonds. The van der Waals surface area contributed by atoms with Crippen molar-refractivity contribution in [3.8, 4) is 11.6 Å². The first-order valence-corrected chi connectivity index (χ1v) is 7.64. The molecule has 5 nitrogen and oxygen atoms in total. The van der Waals surface area contributed by atoms with E-state index in [4.69, 9.17) is 16.3 Å². The first-order chi connectivity index (χ1) is 11.6. The minimum Gasteiger partial charge on any atom is -0.438 e. The van der Waals surface area contributed by atoms with Crippen LogP contribution >= 0.6 is 11.6 Å². The number of nitrogens with zero attached hydrogens (tertiary/aromatic N) is 2. The third kappa shape index (κ3) is 3.88. The molecular weight excluding hydrogens is 326 g/mol. The zero-order chi connectivity index (χ0) is 16.9. The highest BCUT2D eigenvalue weighted by atomic mass is 35.5. The van der Waals surface area contributed by atoms with E-state index in [0.29, 0.717) is 27.9 Å². The molecule has 0 saturated heterocycles. The van der Waals surface area contributed by atoms with Gasteiger partial charge in [0.05, 0.1) is 16.4 Å². The number of aryl methyl sites for hydroxylation is 1. The van der Waals surface area contributed by atoms with Gasteiger partial charge >= 0.3 is 0 Å². The minimum atomic E-state index is -0.274. The van der Waals surface area contributed by atoms with Crippen molar-refractivity contribution in [1.29, 1.82) is 0 Å². The maximum atomic E-state index is 12.4. The number of halogens is 1. The van der Waals surface area contributed by atoms with Crippen LogP contribution in [0.2, 0.25) is 5.02 Å². The van der Waals surface area contributed by atoms with E-state index < -0.39 is 0 Å². The molecule has 0 aliphatic heterocycles. The van der Waals surface area contributed by atoms with Gasteiger partial charge in [-0.1, -0.05) is 29.8 Å². The zero-order valence-corrected chi connectivity index (χ0v) is 13.6. The number of aromatic nitrogens is 2. The second-order valence-electron chi connectivity index (χ2n) is 5.08. The molecule has 0 unspecified atom stereocenters. The first-order valence-electron chi connectivity index (χ1n) is 7.26. The van der Waals surface area contributed by atoms with Gasteiger partial charge in [0.15, 0.2) is 0 Å². The third-order valence-corrected chi connectivity index (χ3v) is 3.54. The third-order valence-electron chi connectivity index (χ3n) is 3.21. The highest BCUT2D eigenvalue weighted by Crippen LogP contribution is 2.23. The van der Waals surface area contributed by atoms with Crippen molar-refractivity contribution in [2.75, 3.05) is 5.32 Å². The van der Waals surface area contributed by atoms with Crippen LogP contribution in [0.5, 0.6) is 11.6 Å². The van der Waals surface area contributed by atoms with Crippen LogP contribution in [0.1, 0.15) is 16.1 Å². The van der Waals surface area contributed by atoms with Gasteiger partial charge in [-0.05, 0) is 43.3 Å². The molecule has 3 aromatic rings. The molecule has 6 heteroatoms. The van der Waals surface area contributed by atoms with E-state index in [1.165, 1.54) is 0 Å². The van der Waals surface area contributed by atoms with Crippen molar-refractivity contribution >= 4 is 23.2 Å². The second-order valence-corrected chi connectivity index (χ2v) is 5.48. The molecule has 0 spiro atoms. The van der Waals surface area contributed by atoms with Crippen LogP contribution in [0.3, 0.4) is 0 Å². The minimum absolute atomic E-state index is 0.274. The molecule has 2 aromatic carbocycles. The van der Waals surface area contributed by atoms with E-state index in [1.54, 1.807) is 60.7 Å². The zero-order valence-electron chi connectivity index (χ0n) is 12.9. The Bertz CT molecular complexity index is 866. The number of hydrogen-bond donors (Lipinski definition) is 1. The predicted molar refractivity (Wildman–Crippen MR) is 92.7 cm³/mol. The maximum Gasteiger partial charge on any atom is 0.255 e. The van der Waals surface area contributed by atoms with E-state index in [0.717, 1.165) is 5.69 Å². The topological polar surface area (TPSA) is 64.1 Å². The van der Waals surface area contributed by atoms with Crippen molar-refractivity contribution < 1.29 is 9.53 Å². The molecule has 0 fully saturated rings. The lowest BCUT2D eigenvalue weighted by molar-refractivity contribution is 0.102. The van der Waals surface area contributed by atoms with Crippen molar-refractivity contribution in [3.63, 3.8) is 0 Å². The van der Waals surface area contributed by atoms with Gasteiger partial charge in [-0.3, -0.25) is 4.79 Å². The Kier molecular flexibility index (Phi) is 4.72. The average molecular weight is 340 g/mol. The fourth-order valence-electron chi connectivity index (χ4n) is 2.02. The normalized spacial score (nSPS) is 10.2. The molecule has 3 rings (SSSR count). The number of ether oxygens (including phenoxy) is 1. The van der Waals surface area contributed by atoms with E-state index >= 15 is 0 Å². The summed E-state index contributed by atoms with van der Waals surface area (Å²) < 4.78 is 5.62. The molecule has 1 N–H and O–H groups in total. The SMILES string of the molecule is Cc1ccc(Oc2cccc(C(=O)Nc3ccccc3Cl)c2)nn1. The molecule has 0 aliphatic carbocycles. The largest absolute Gasteiger partial charge is 0.438 e. The van der Waals surface area contributed by atoms with Crippen LogP contribution < -0.4 is 10.1 Å². The van der Waals surface area contributed by atoms with Crippen molar-refractivity contribution in [2.24, 2.45) is 0 Å². The number of amides is 1. The Labute approximate surface area is 144 Å². The summed E-state index contributed by atoms with van der Waals surface area (Å²) >= 11 is 6.05. The number of hydrogen-bond acceptors (Lipinski definition) is 4. The fourth-order valence-corrected chi connectivity index (χ4v) is 2.20. The van der Waals surface area contributed by atoms with E-state index in [1.807, 2.05) is 6.92 Å². The monoisotopic (exact) mass is 339 g/mol. The van der Waals surface area contributed by atoms with Gasteiger partial charge in [0.1, 0.15) is 5.75 Å². The van der Waals surface area contributed by atoms with Crippen LogP contribution in [0.25, 0.3) is 0 Å². The van der Waals surface area contributed by atoms with Crippen molar-refractivity contribution in [1.82, 2.24) is 10.2 Å². The smallest absolute Gasteiger partial charge is 0.255 e. The molecule has 0 bridgehead atoms. The fraction of sp³-hybridized carbons (Fsp3) is 0.0556. The van der Waals surface area contributed by atoms with Crippen LogP contribution in [0.4, 0.5) is 5.69 Å². The summed E-state index contributed by atoms with van der Waals surface area (Å²) in [5.74, 6) is 0.591. The number of benzene rings is 2. The van der Waals surface area contributed by atoms with E-state index in [-0.39, 0.29) is 5.91 Å². The Morgan fingerprint density at radius 3 is 2.62 bits per heavy atom. The molecule has 0 saturated carbocycles. The molecule has 1 aromatic heterocycles. The maximum absolute atomic E-state index is 12.4. The summed E-state index contributed by atoms with van der Waals surface area (Å²) in [6, 6.07) is 17.4. The molecule has 24 heavy (non-hydrogen) atoms. The predicted octanol–water partition coefficient (Wildman–Crippen LogP) is 4.48.